The molecule has 0 aliphatic carbocycles. The first kappa shape index (κ1) is 11.5. The summed E-state index contributed by atoms with van der Waals surface area (Å²) in [6.07, 6.45) is 16.7. The number of unbranched alkanes of at least 4 members (excludes halogenated alkanes) is 4. The topological polar surface area (TPSA) is 0 Å². The highest BCUT2D eigenvalue weighted by atomic mass is 13.9. The van der Waals surface area contributed by atoms with Gasteiger partial charge in [0.15, 0.2) is 0 Å². The van der Waals surface area contributed by atoms with Gasteiger partial charge in [0.25, 0.3) is 0 Å². The van der Waals surface area contributed by atoms with Crippen LogP contribution in [0.2, 0.25) is 0 Å². The van der Waals surface area contributed by atoms with E-state index in [-0.39, 0.29) is 0 Å². The zero-order chi connectivity index (χ0) is 9.07. The maximum Gasteiger partial charge on any atom is -0.0169 e. The molecule has 0 radical (unpaired) electrons. The van der Waals surface area contributed by atoms with Gasteiger partial charge in [-0.05, 0) is 26.2 Å². The first-order valence-corrected chi connectivity index (χ1v) is 5.18. The summed E-state index contributed by atoms with van der Waals surface area (Å²) >= 11 is 0. The van der Waals surface area contributed by atoms with Crippen LogP contribution in [0.5, 0.6) is 0 Å². The van der Waals surface area contributed by atoms with Crippen molar-refractivity contribution in [2.24, 2.45) is 0 Å². The molecule has 0 rings (SSSR count). The number of rotatable bonds is 7. The predicted octanol–water partition coefficient (Wildman–Crippen LogP) is 4.48. The second-order valence-electron chi connectivity index (χ2n) is 3.13. The summed E-state index contributed by atoms with van der Waals surface area (Å²) in [7, 11) is 0. The minimum atomic E-state index is 1.10. The van der Waals surface area contributed by atoms with Gasteiger partial charge in [0, 0.05) is 0 Å². The van der Waals surface area contributed by atoms with E-state index in [1.165, 1.54) is 32.1 Å². The summed E-state index contributed by atoms with van der Waals surface area (Å²) in [5.74, 6) is 0. The number of hydrogen-bond donors (Lipinski definition) is 0. The van der Waals surface area contributed by atoms with Crippen LogP contribution in [0.4, 0.5) is 0 Å². The molecule has 0 unspecified atom stereocenters. The van der Waals surface area contributed by atoms with Gasteiger partial charge < -0.3 is 0 Å². The Labute approximate surface area is 77.4 Å². The van der Waals surface area contributed by atoms with E-state index in [0.29, 0.717) is 0 Å². The third kappa shape index (κ3) is 9.48. The van der Waals surface area contributed by atoms with Crippen molar-refractivity contribution >= 4 is 0 Å². The summed E-state index contributed by atoms with van der Waals surface area (Å²) in [6, 6.07) is 0. The third-order valence-corrected chi connectivity index (χ3v) is 1.90. The van der Waals surface area contributed by atoms with Crippen molar-refractivity contribution in [3.8, 4) is 0 Å². The molecule has 0 saturated carbocycles. The fourth-order valence-corrected chi connectivity index (χ4v) is 1.12. The second kappa shape index (κ2) is 10.5. The Morgan fingerprint density at radius 1 is 0.917 bits per heavy atom. The van der Waals surface area contributed by atoms with Crippen molar-refractivity contribution in [1.82, 2.24) is 0 Å². The van der Waals surface area contributed by atoms with Gasteiger partial charge >= 0.3 is 0 Å². The first-order valence-electron chi connectivity index (χ1n) is 5.18. The number of hydrogen-bond acceptors (Lipinski definition) is 0. The Hall–Kier alpha value is -0.520. The minimum absolute atomic E-state index is 1.10. The van der Waals surface area contributed by atoms with E-state index in [4.69, 9.17) is 0 Å². The molecule has 0 heteroatoms. The van der Waals surface area contributed by atoms with E-state index in [1.807, 2.05) is 0 Å². The summed E-state index contributed by atoms with van der Waals surface area (Å²) in [4.78, 5) is 0. The summed E-state index contributed by atoms with van der Waals surface area (Å²) < 4.78 is 0. The molecular formula is C12H22. The molecule has 0 aromatic heterocycles. The van der Waals surface area contributed by atoms with E-state index in [9.17, 15) is 0 Å². The van der Waals surface area contributed by atoms with Gasteiger partial charge in [-0.25, -0.2) is 0 Å². The maximum atomic E-state index is 2.30. The molecule has 0 N–H and O–H groups in total. The van der Waals surface area contributed by atoms with Crippen molar-refractivity contribution in [3.05, 3.63) is 24.3 Å². The monoisotopic (exact) mass is 166 g/mol. The van der Waals surface area contributed by atoms with E-state index < -0.39 is 0 Å². The van der Waals surface area contributed by atoms with Crippen molar-refractivity contribution in [2.45, 2.75) is 52.4 Å². The molecule has 0 fully saturated rings. The highest BCUT2D eigenvalue weighted by molar-refractivity contribution is 4.91. The molecule has 0 aliphatic rings. The molecule has 0 heterocycles. The Morgan fingerprint density at radius 3 is 2.42 bits per heavy atom. The first-order chi connectivity index (χ1) is 5.91. The summed E-state index contributed by atoms with van der Waals surface area (Å²) in [6.45, 7) is 4.32. The fraction of sp³-hybridized carbons (Fsp3) is 0.667. The van der Waals surface area contributed by atoms with Gasteiger partial charge in [0.1, 0.15) is 0 Å². The fourth-order valence-electron chi connectivity index (χ4n) is 1.12. The van der Waals surface area contributed by atoms with Crippen LogP contribution in [0.25, 0.3) is 0 Å². The molecule has 0 aromatic rings. The molecule has 0 aromatic carbocycles. The van der Waals surface area contributed by atoms with Gasteiger partial charge in [-0.2, -0.15) is 0 Å². The van der Waals surface area contributed by atoms with Crippen LogP contribution in [0.3, 0.4) is 0 Å². The van der Waals surface area contributed by atoms with Gasteiger partial charge in [0.05, 0.1) is 0 Å². The van der Waals surface area contributed by atoms with Crippen LogP contribution in [0.15, 0.2) is 24.3 Å². The second-order valence-corrected chi connectivity index (χ2v) is 3.13. The van der Waals surface area contributed by atoms with E-state index in [2.05, 4.69) is 38.2 Å². The normalized spacial score (nSPS) is 11.8. The van der Waals surface area contributed by atoms with Crippen LogP contribution in [-0.4, -0.2) is 0 Å². The van der Waals surface area contributed by atoms with Crippen molar-refractivity contribution in [3.63, 3.8) is 0 Å². The lowest BCUT2D eigenvalue weighted by molar-refractivity contribution is 0.674. The zero-order valence-electron chi connectivity index (χ0n) is 8.55. The summed E-state index contributed by atoms with van der Waals surface area (Å²) in [5, 5.41) is 0. The molecular weight excluding hydrogens is 144 g/mol. The lowest BCUT2D eigenvalue weighted by Gasteiger charge is -1.93. The SMILES string of the molecule is C/C=C\CC=CCCCCCC. The molecule has 12 heavy (non-hydrogen) atoms. The van der Waals surface area contributed by atoms with Crippen molar-refractivity contribution < 1.29 is 0 Å². The molecule has 70 valence electrons. The molecule has 0 amide bonds. The van der Waals surface area contributed by atoms with Crippen LogP contribution in [-0.2, 0) is 0 Å². The van der Waals surface area contributed by atoms with Gasteiger partial charge in [-0.15, -0.1) is 0 Å². The average molecular weight is 166 g/mol. The third-order valence-electron chi connectivity index (χ3n) is 1.90. The zero-order valence-corrected chi connectivity index (χ0v) is 8.55. The van der Waals surface area contributed by atoms with Gasteiger partial charge in [0.2, 0.25) is 0 Å². The lowest BCUT2D eigenvalue weighted by Crippen LogP contribution is -1.73. The Bertz CT molecular complexity index is 120. The predicted molar refractivity (Wildman–Crippen MR) is 57.3 cm³/mol. The average Bonchev–Trinajstić information content (AvgIpc) is 2.10. The van der Waals surface area contributed by atoms with Gasteiger partial charge in [-0.3, -0.25) is 0 Å². The Kier molecular flexibility index (Phi) is 10.0. The molecule has 0 spiro atoms. The maximum absolute atomic E-state index is 2.30. The van der Waals surface area contributed by atoms with Crippen molar-refractivity contribution in [1.29, 1.82) is 0 Å². The van der Waals surface area contributed by atoms with Crippen LogP contribution in [0.1, 0.15) is 52.4 Å². The van der Waals surface area contributed by atoms with E-state index >= 15 is 0 Å². The molecule has 0 bridgehead atoms. The van der Waals surface area contributed by atoms with Gasteiger partial charge in [-0.1, -0.05) is 50.5 Å². The standard InChI is InChI=1S/C12H22/c1-3-5-7-9-11-12-10-8-6-4-2/h3,5,9,11H,4,6-8,10,12H2,1-2H3/b5-3-,11-9?. The molecule has 0 aliphatic heterocycles. The lowest BCUT2D eigenvalue weighted by atomic mass is 10.1. The van der Waals surface area contributed by atoms with Crippen LogP contribution >= 0.6 is 0 Å². The molecule has 0 nitrogen and oxygen atoms in total. The number of allylic oxidation sites excluding steroid dienone is 4. The van der Waals surface area contributed by atoms with E-state index in [1.54, 1.807) is 0 Å². The van der Waals surface area contributed by atoms with Crippen LogP contribution in [0, 0.1) is 0 Å². The Morgan fingerprint density at radius 2 is 1.75 bits per heavy atom. The highest BCUT2D eigenvalue weighted by Crippen LogP contribution is 2.03. The minimum Gasteiger partial charge on any atom is -0.0914 e. The molecule has 0 atom stereocenters. The summed E-state index contributed by atoms with van der Waals surface area (Å²) in [5.41, 5.74) is 0. The Balaban J connectivity index is 3.02. The smallest absolute Gasteiger partial charge is 0.0169 e. The van der Waals surface area contributed by atoms with Crippen LogP contribution < -0.4 is 0 Å². The largest absolute Gasteiger partial charge is 0.0914 e. The highest BCUT2D eigenvalue weighted by Gasteiger charge is 1.83. The van der Waals surface area contributed by atoms with Crippen molar-refractivity contribution in [2.75, 3.05) is 0 Å². The quantitative estimate of drug-likeness (QED) is 0.386. The molecule has 0 saturated heterocycles. The van der Waals surface area contributed by atoms with E-state index in [0.717, 1.165) is 6.42 Å².